The zero-order valence-corrected chi connectivity index (χ0v) is 9.04. The van der Waals surface area contributed by atoms with Crippen molar-refractivity contribution in [1.29, 1.82) is 0 Å². The Bertz CT molecular complexity index is 262. The van der Waals surface area contributed by atoms with Crippen molar-refractivity contribution in [2.75, 3.05) is 33.5 Å². The number of carbonyl (C=O) groups is 3. The van der Waals surface area contributed by atoms with Crippen LogP contribution in [0.5, 0.6) is 0 Å². The molecule has 0 aliphatic heterocycles. The molecule has 0 heterocycles. The van der Waals surface area contributed by atoms with Gasteiger partial charge in [0.25, 0.3) is 0 Å². The lowest BCUT2D eigenvalue weighted by atomic mass is 10.8. The van der Waals surface area contributed by atoms with Gasteiger partial charge < -0.3 is 28.8 Å². The van der Waals surface area contributed by atoms with Crippen molar-refractivity contribution in [1.82, 2.24) is 0 Å². The van der Waals surface area contributed by atoms with Crippen molar-refractivity contribution < 1.29 is 43.2 Å². The zero-order valence-electron chi connectivity index (χ0n) is 9.04. The second-order valence-corrected chi connectivity index (χ2v) is 2.33. The van der Waals surface area contributed by atoms with E-state index in [0.717, 1.165) is 7.11 Å². The lowest BCUT2D eigenvalue weighted by Gasteiger charge is -2.05. The van der Waals surface area contributed by atoms with E-state index in [-0.39, 0.29) is 26.4 Å². The molecule has 0 saturated carbocycles. The van der Waals surface area contributed by atoms with E-state index in [1.807, 2.05) is 0 Å². The summed E-state index contributed by atoms with van der Waals surface area (Å²) in [6, 6.07) is 0. The van der Waals surface area contributed by atoms with Crippen molar-refractivity contribution in [2.45, 2.75) is 0 Å². The van der Waals surface area contributed by atoms with Gasteiger partial charge in [0.05, 0.1) is 13.7 Å². The molecule has 1 N–H and O–H groups in total. The summed E-state index contributed by atoms with van der Waals surface area (Å²) in [4.78, 5) is 31.8. The van der Waals surface area contributed by atoms with E-state index in [2.05, 4.69) is 23.7 Å². The van der Waals surface area contributed by atoms with E-state index >= 15 is 0 Å². The van der Waals surface area contributed by atoms with E-state index < -0.39 is 18.5 Å². The molecule has 98 valence electrons. The fourth-order valence-electron chi connectivity index (χ4n) is 0.560. The number of methoxy groups -OCH3 is 1. The Hall–Kier alpha value is -2.03. The molecule has 0 rings (SSSR count). The number of aliphatic hydroxyl groups is 1. The second-order valence-electron chi connectivity index (χ2n) is 2.33. The minimum Gasteiger partial charge on any atom is -0.437 e. The Morgan fingerprint density at radius 2 is 1.41 bits per heavy atom. The van der Waals surface area contributed by atoms with Gasteiger partial charge in [0.15, 0.2) is 0 Å². The first-order chi connectivity index (χ1) is 8.10. The lowest BCUT2D eigenvalue weighted by molar-refractivity contribution is 0.0140. The van der Waals surface area contributed by atoms with Gasteiger partial charge in [-0.15, -0.1) is 0 Å². The number of hydrogen-bond acceptors (Lipinski definition) is 9. The van der Waals surface area contributed by atoms with Gasteiger partial charge in [0.1, 0.15) is 19.8 Å². The normalized spacial score (nSPS) is 9.06. The SMILES string of the molecule is COC(=O)OC(=O)OCCOC(=O)OCCO. The van der Waals surface area contributed by atoms with Gasteiger partial charge in [-0.05, 0) is 0 Å². The molecule has 0 aliphatic rings. The maximum Gasteiger partial charge on any atom is 0.518 e. The van der Waals surface area contributed by atoms with E-state index in [1.54, 1.807) is 0 Å². The van der Waals surface area contributed by atoms with E-state index in [1.165, 1.54) is 0 Å². The highest BCUT2D eigenvalue weighted by molar-refractivity contribution is 5.76. The molecular formula is C8H12O9. The van der Waals surface area contributed by atoms with Crippen molar-refractivity contribution in [2.24, 2.45) is 0 Å². The Morgan fingerprint density at radius 1 is 0.882 bits per heavy atom. The van der Waals surface area contributed by atoms with E-state index in [9.17, 15) is 14.4 Å². The van der Waals surface area contributed by atoms with Gasteiger partial charge in [-0.2, -0.15) is 0 Å². The van der Waals surface area contributed by atoms with Crippen LogP contribution in [0, 0.1) is 0 Å². The van der Waals surface area contributed by atoms with E-state index in [4.69, 9.17) is 5.11 Å². The third-order valence-electron chi connectivity index (χ3n) is 1.17. The van der Waals surface area contributed by atoms with Crippen LogP contribution in [0.4, 0.5) is 14.4 Å². The standard InChI is InChI=1S/C8H12O9/c1-13-6(10)17-8(12)16-5-4-15-7(11)14-3-2-9/h9H,2-5H2,1H3. The summed E-state index contributed by atoms with van der Waals surface area (Å²) in [5.41, 5.74) is 0. The highest BCUT2D eigenvalue weighted by atomic mass is 16.8. The van der Waals surface area contributed by atoms with Gasteiger partial charge >= 0.3 is 18.5 Å². The van der Waals surface area contributed by atoms with Gasteiger partial charge in [-0.3, -0.25) is 0 Å². The topological polar surface area (TPSA) is 118 Å². The Morgan fingerprint density at radius 3 is 1.94 bits per heavy atom. The first-order valence-corrected chi connectivity index (χ1v) is 4.43. The second kappa shape index (κ2) is 9.21. The smallest absolute Gasteiger partial charge is 0.437 e. The quantitative estimate of drug-likeness (QED) is 0.313. The molecule has 0 unspecified atom stereocenters. The molecule has 0 saturated heterocycles. The first kappa shape index (κ1) is 15.0. The van der Waals surface area contributed by atoms with Gasteiger partial charge in [0.2, 0.25) is 0 Å². The van der Waals surface area contributed by atoms with Crippen LogP contribution in [0.3, 0.4) is 0 Å². The van der Waals surface area contributed by atoms with Crippen LogP contribution in [0.1, 0.15) is 0 Å². The van der Waals surface area contributed by atoms with Crippen LogP contribution in [0.15, 0.2) is 0 Å². The molecule has 0 aromatic heterocycles. The van der Waals surface area contributed by atoms with Crippen LogP contribution in [-0.4, -0.2) is 57.1 Å². The summed E-state index contributed by atoms with van der Waals surface area (Å²) in [6.45, 7) is -1.11. The van der Waals surface area contributed by atoms with Crippen molar-refractivity contribution >= 4 is 18.5 Å². The molecule has 17 heavy (non-hydrogen) atoms. The fourth-order valence-corrected chi connectivity index (χ4v) is 0.560. The van der Waals surface area contributed by atoms with Crippen molar-refractivity contribution in [3.8, 4) is 0 Å². The maximum atomic E-state index is 10.7. The predicted molar refractivity (Wildman–Crippen MR) is 49.2 cm³/mol. The molecule has 0 aliphatic carbocycles. The molecule has 0 spiro atoms. The van der Waals surface area contributed by atoms with Crippen molar-refractivity contribution in [3.63, 3.8) is 0 Å². The molecule has 0 atom stereocenters. The monoisotopic (exact) mass is 252 g/mol. The molecule has 0 fully saturated rings. The Kier molecular flexibility index (Phi) is 8.11. The Balaban J connectivity index is 3.47. The number of hydrogen-bond donors (Lipinski definition) is 1. The molecular weight excluding hydrogens is 240 g/mol. The number of ether oxygens (including phenoxy) is 5. The summed E-state index contributed by atoms with van der Waals surface area (Å²) in [6.07, 6.45) is -3.49. The molecule has 0 radical (unpaired) electrons. The van der Waals surface area contributed by atoms with Crippen LogP contribution in [0.25, 0.3) is 0 Å². The van der Waals surface area contributed by atoms with Crippen LogP contribution in [0.2, 0.25) is 0 Å². The van der Waals surface area contributed by atoms with Crippen LogP contribution < -0.4 is 0 Å². The molecule has 0 amide bonds. The highest BCUT2D eigenvalue weighted by Crippen LogP contribution is 1.90. The first-order valence-electron chi connectivity index (χ1n) is 4.43. The maximum absolute atomic E-state index is 10.7. The largest absolute Gasteiger partial charge is 0.518 e. The lowest BCUT2D eigenvalue weighted by Crippen LogP contribution is -2.18. The van der Waals surface area contributed by atoms with Crippen LogP contribution >= 0.6 is 0 Å². The molecule has 0 aromatic carbocycles. The molecule has 9 nitrogen and oxygen atoms in total. The van der Waals surface area contributed by atoms with Gasteiger partial charge in [-0.25, -0.2) is 14.4 Å². The van der Waals surface area contributed by atoms with Gasteiger partial charge in [0, 0.05) is 0 Å². The minimum atomic E-state index is -1.27. The van der Waals surface area contributed by atoms with Crippen molar-refractivity contribution in [3.05, 3.63) is 0 Å². The number of carbonyl (C=O) groups excluding carboxylic acids is 3. The average Bonchev–Trinajstić information content (AvgIpc) is 2.31. The summed E-state index contributed by atoms with van der Waals surface area (Å²) in [5, 5.41) is 8.30. The summed E-state index contributed by atoms with van der Waals surface area (Å²) in [7, 11) is 1.02. The summed E-state index contributed by atoms with van der Waals surface area (Å²) >= 11 is 0. The predicted octanol–water partition coefficient (Wildman–Crippen LogP) is 0.0515. The third kappa shape index (κ3) is 8.93. The third-order valence-corrected chi connectivity index (χ3v) is 1.17. The summed E-state index contributed by atoms with van der Waals surface area (Å²) < 4.78 is 21.0. The number of rotatable bonds is 5. The van der Waals surface area contributed by atoms with Gasteiger partial charge in [-0.1, -0.05) is 0 Å². The highest BCUT2D eigenvalue weighted by Gasteiger charge is 2.11. The molecule has 0 aromatic rings. The zero-order chi connectivity index (χ0) is 13.1. The molecule has 0 bridgehead atoms. The minimum absolute atomic E-state index is 0.190. The van der Waals surface area contributed by atoms with E-state index in [0.29, 0.717) is 0 Å². The summed E-state index contributed by atoms with van der Waals surface area (Å²) in [5.74, 6) is 0. The van der Waals surface area contributed by atoms with Crippen LogP contribution in [-0.2, 0) is 23.7 Å². The number of aliphatic hydroxyl groups excluding tert-OH is 1. The molecule has 9 heteroatoms. The fraction of sp³-hybridized carbons (Fsp3) is 0.625. The average molecular weight is 252 g/mol. The Labute approximate surface area is 96.1 Å².